The zero-order chi connectivity index (χ0) is 17.5. The third kappa shape index (κ3) is 5.33. The highest BCUT2D eigenvalue weighted by Crippen LogP contribution is 2.17. The van der Waals surface area contributed by atoms with Gasteiger partial charge in [0.15, 0.2) is 6.61 Å². The summed E-state index contributed by atoms with van der Waals surface area (Å²) in [6.45, 7) is 0.967. The third-order valence-electron chi connectivity index (χ3n) is 3.94. The van der Waals surface area contributed by atoms with Crippen molar-refractivity contribution in [3.05, 3.63) is 35.1 Å². The van der Waals surface area contributed by atoms with Crippen LogP contribution in [-0.2, 0) is 9.53 Å². The number of hydrogen-bond donors (Lipinski definition) is 2. The van der Waals surface area contributed by atoms with Gasteiger partial charge in [0.1, 0.15) is 5.82 Å². The predicted octanol–water partition coefficient (Wildman–Crippen LogP) is 2.45. The largest absolute Gasteiger partial charge is 0.452 e. The Labute approximate surface area is 139 Å². The smallest absolute Gasteiger partial charge is 0.338 e. The molecule has 1 aromatic rings. The molecule has 0 aromatic heterocycles. The first-order valence-corrected chi connectivity index (χ1v) is 7.99. The van der Waals surface area contributed by atoms with Crippen LogP contribution in [0, 0.1) is 12.7 Å². The van der Waals surface area contributed by atoms with Crippen molar-refractivity contribution in [3.8, 4) is 0 Å². The van der Waals surface area contributed by atoms with Crippen LogP contribution in [0.15, 0.2) is 18.2 Å². The van der Waals surface area contributed by atoms with Gasteiger partial charge in [0, 0.05) is 6.04 Å². The van der Waals surface area contributed by atoms with Crippen LogP contribution in [0.4, 0.5) is 9.18 Å². The molecule has 3 amide bonds. The van der Waals surface area contributed by atoms with Crippen molar-refractivity contribution < 1.29 is 23.5 Å². The lowest BCUT2D eigenvalue weighted by molar-refractivity contribution is -0.123. The van der Waals surface area contributed by atoms with Crippen molar-refractivity contribution in [1.29, 1.82) is 0 Å². The molecule has 1 saturated carbocycles. The van der Waals surface area contributed by atoms with Crippen molar-refractivity contribution in [2.24, 2.45) is 0 Å². The second-order valence-electron chi connectivity index (χ2n) is 5.90. The van der Waals surface area contributed by atoms with E-state index in [4.69, 9.17) is 4.74 Å². The molecule has 130 valence electrons. The first kappa shape index (κ1) is 17.9. The Hall–Kier alpha value is -2.44. The van der Waals surface area contributed by atoms with E-state index in [2.05, 4.69) is 10.6 Å². The van der Waals surface area contributed by atoms with Crippen LogP contribution in [0.5, 0.6) is 0 Å². The summed E-state index contributed by atoms with van der Waals surface area (Å²) in [6, 6.07) is 3.39. The molecule has 7 heteroatoms. The number of hydrogen-bond acceptors (Lipinski definition) is 4. The minimum absolute atomic E-state index is 0.0116. The Bertz CT molecular complexity index is 627. The van der Waals surface area contributed by atoms with Gasteiger partial charge in [-0.1, -0.05) is 25.3 Å². The fraction of sp³-hybridized carbons (Fsp3) is 0.471. The number of halogens is 1. The van der Waals surface area contributed by atoms with Gasteiger partial charge in [-0.25, -0.2) is 14.0 Å². The van der Waals surface area contributed by atoms with E-state index in [-0.39, 0.29) is 11.6 Å². The number of imide groups is 1. The van der Waals surface area contributed by atoms with Gasteiger partial charge in [-0.05, 0) is 37.5 Å². The van der Waals surface area contributed by atoms with Crippen LogP contribution in [-0.4, -0.2) is 30.6 Å². The molecule has 24 heavy (non-hydrogen) atoms. The molecule has 0 atom stereocenters. The van der Waals surface area contributed by atoms with Crippen molar-refractivity contribution in [1.82, 2.24) is 10.6 Å². The summed E-state index contributed by atoms with van der Waals surface area (Å²) in [7, 11) is 0. The maximum Gasteiger partial charge on any atom is 0.338 e. The lowest BCUT2D eigenvalue weighted by Crippen LogP contribution is -2.46. The van der Waals surface area contributed by atoms with Crippen molar-refractivity contribution in [2.45, 2.75) is 45.1 Å². The lowest BCUT2D eigenvalue weighted by Gasteiger charge is -2.22. The average Bonchev–Trinajstić information content (AvgIpc) is 2.56. The van der Waals surface area contributed by atoms with Gasteiger partial charge in [0.25, 0.3) is 5.91 Å². The molecule has 2 rings (SSSR count). The van der Waals surface area contributed by atoms with Gasteiger partial charge in [0.05, 0.1) is 5.56 Å². The molecule has 0 spiro atoms. The molecule has 0 aliphatic heterocycles. The molecule has 0 heterocycles. The molecular formula is C17H21FN2O4. The summed E-state index contributed by atoms with van der Waals surface area (Å²) in [5, 5.41) is 4.84. The zero-order valence-electron chi connectivity index (χ0n) is 13.6. The van der Waals surface area contributed by atoms with Gasteiger partial charge in [-0.2, -0.15) is 0 Å². The minimum Gasteiger partial charge on any atom is -0.452 e. The molecule has 1 fully saturated rings. The highest BCUT2D eigenvalue weighted by atomic mass is 19.1. The third-order valence-corrected chi connectivity index (χ3v) is 3.94. The standard InChI is InChI=1S/C17H21FN2O4/c1-11-7-8-12(9-14(11)18)16(22)24-10-15(21)20-17(23)19-13-5-3-2-4-6-13/h7-9,13H,2-6,10H2,1H3,(H2,19,20,21,23). The molecule has 1 aromatic carbocycles. The fourth-order valence-electron chi connectivity index (χ4n) is 2.57. The van der Waals surface area contributed by atoms with E-state index in [0.29, 0.717) is 5.56 Å². The van der Waals surface area contributed by atoms with Crippen LogP contribution < -0.4 is 10.6 Å². The Morgan fingerprint density at radius 2 is 1.92 bits per heavy atom. The van der Waals surface area contributed by atoms with Gasteiger partial charge in [0.2, 0.25) is 0 Å². The highest BCUT2D eigenvalue weighted by molar-refractivity contribution is 5.97. The topological polar surface area (TPSA) is 84.5 Å². The van der Waals surface area contributed by atoms with Gasteiger partial charge in [-0.15, -0.1) is 0 Å². The molecule has 0 saturated heterocycles. The number of carbonyl (C=O) groups excluding carboxylic acids is 3. The molecule has 0 unspecified atom stereocenters. The monoisotopic (exact) mass is 336 g/mol. The van der Waals surface area contributed by atoms with Crippen LogP contribution in [0.25, 0.3) is 0 Å². The molecule has 1 aliphatic rings. The normalized spacial score (nSPS) is 14.8. The number of esters is 1. The number of amides is 3. The number of nitrogens with one attached hydrogen (secondary N) is 2. The second-order valence-corrected chi connectivity index (χ2v) is 5.90. The number of aryl methyl sites for hydroxylation is 1. The number of carbonyl (C=O) groups is 3. The van der Waals surface area contributed by atoms with Crippen molar-refractivity contribution >= 4 is 17.9 Å². The summed E-state index contributed by atoms with van der Waals surface area (Å²) >= 11 is 0. The fourth-order valence-corrected chi connectivity index (χ4v) is 2.57. The summed E-state index contributed by atoms with van der Waals surface area (Å²) < 4.78 is 18.2. The van der Waals surface area contributed by atoms with E-state index in [1.807, 2.05) is 0 Å². The molecular weight excluding hydrogens is 315 g/mol. The summed E-state index contributed by atoms with van der Waals surface area (Å²) in [4.78, 5) is 35.1. The van der Waals surface area contributed by atoms with E-state index >= 15 is 0 Å². The Morgan fingerprint density at radius 1 is 1.21 bits per heavy atom. The highest BCUT2D eigenvalue weighted by Gasteiger charge is 2.18. The number of urea groups is 1. The quantitative estimate of drug-likeness (QED) is 0.827. The van der Waals surface area contributed by atoms with E-state index in [0.717, 1.165) is 38.2 Å². The van der Waals surface area contributed by atoms with Gasteiger partial charge >= 0.3 is 12.0 Å². The lowest BCUT2D eigenvalue weighted by atomic mass is 9.96. The first-order valence-electron chi connectivity index (χ1n) is 7.99. The first-order chi connectivity index (χ1) is 11.5. The van der Waals surface area contributed by atoms with E-state index in [1.165, 1.54) is 12.1 Å². The van der Waals surface area contributed by atoms with Crippen molar-refractivity contribution in [3.63, 3.8) is 0 Å². The van der Waals surface area contributed by atoms with Crippen molar-refractivity contribution in [2.75, 3.05) is 6.61 Å². The van der Waals surface area contributed by atoms with E-state index < -0.39 is 30.3 Å². The molecule has 2 N–H and O–H groups in total. The number of ether oxygens (including phenoxy) is 1. The second kappa shape index (κ2) is 8.42. The Balaban J connectivity index is 1.74. The van der Waals surface area contributed by atoms with Crippen LogP contribution in [0.3, 0.4) is 0 Å². The molecule has 0 radical (unpaired) electrons. The number of rotatable bonds is 4. The summed E-state index contributed by atoms with van der Waals surface area (Å²) in [5.74, 6) is -2.08. The Morgan fingerprint density at radius 3 is 2.58 bits per heavy atom. The van der Waals surface area contributed by atoms with Gasteiger partial charge < -0.3 is 10.1 Å². The summed E-state index contributed by atoms with van der Waals surface area (Å²) in [5.41, 5.74) is 0.418. The maximum absolute atomic E-state index is 13.4. The zero-order valence-corrected chi connectivity index (χ0v) is 13.6. The van der Waals surface area contributed by atoms with E-state index in [9.17, 15) is 18.8 Å². The van der Waals surface area contributed by atoms with Gasteiger partial charge in [-0.3, -0.25) is 10.1 Å². The molecule has 1 aliphatic carbocycles. The Kier molecular flexibility index (Phi) is 6.28. The predicted molar refractivity (Wildman–Crippen MR) is 85.0 cm³/mol. The minimum atomic E-state index is -0.822. The van der Waals surface area contributed by atoms with E-state index in [1.54, 1.807) is 6.92 Å². The maximum atomic E-state index is 13.4. The van der Waals surface area contributed by atoms with Crippen LogP contribution in [0.1, 0.15) is 48.0 Å². The molecule has 0 bridgehead atoms. The average molecular weight is 336 g/mol. The summed E-state index contributed by atoms with van der Waals surface area (Å²) in [6.07, 6.45) is 5.08. The molecule has 6 nitrogen and oxygen atoms in total. The van der Waals surface area contributed by atoms with Crippen LogP contribution in [0.2, 0.25) is 0 Å². The SMILES string of the molecule is Cc1ccc(C(=O)OCC(=O)NC(=O)NC2CCCCC2)cc1F. The number of benzene rings is 1. The van der Waals surface area contributed by atoms with Crippen LogP contribution >= 0.6 is 0 Å².